The molecule has 1 saturated carbocycles. The molecule has 0 aliphatic heterocycles. The van der Waals surface area contributed by atoms with Gasteiger partial charge in [-0.3, -0.25) is 0 Å². The van der Waals surface area contributed by atoms with Crippen LogP contribution >= 0.6 is 0 Å². The highest BCUT2D eigenvalue weighted by Gasteiger charge is 2.19. The van der Waals surface area contributed by atoms with Gasteiger partial charge in [-0.25, -0.2) is 0 Å². The van der Waals surface area contributed by atoms with Crippen LogP contribution in [0.2, 0.25) is 0 Å². The number of rotatable bonds is 5. The first kappa shape index (κ1) is 9.72. The van der Waals surface area contributed by atoms with Crippen LogP contribution in [0.1, 0.15) is 30.9 Å². The molecule has 2 rings (SSSR count). The molecule has 1 aliphatic rings. The van der Waals surface area contributed by atoms with E-state index in [1.165, 1.54) is 30.4 Å². The van der Waals surface area contributed by atoms with Gasteiger partial charge in [0.2, 0.25) is 0 Å². The van der Waals surface area contributed by atoms with Gasteiger partial charge in [-0.2, -0.15) is 0 Å². The van der Waals surface area contributed by atoms with E-state index in [4.69, 9.17) is 0 Å². The summed E-state index contributed by atoms with van der Waals surface area (Å²) in [6.07, 6.45) is 5.07. The van der Waals surface area contributed by atoms with Gasteiger partial charge in [0, 0.05) is 6.04 Å². The van der Waals surface area contributed by atoms with Crippen molar-refractivity contribution in [1.82, 2.24) is 5.32 Å². The molecule has 0 radical (unpaired) electrons. The van der Waals surface area contributed by atoms with Gasteiger partial charge in [-0.15, -0.1) is 0 Å². The Labute approximate surface area is 86.5 Å². The zero-order valence-electron chi connectivity index (χ0n) is 8.92. The molecule has 0 spiro atoms. The standard InChI is InChI=1S/C13H19N/c1-2-11-3-5-12(6-4-11)9-10-14-13-7-8-13/h3-6,13-14H,2,7-10H2,1H3. The Balaban J connectivity index is 1.77. The minimum Gasteiger partial charge on any atom is -0.314 e. The second kappa shape index (κ2) is 4.61. The first-order valence-electron chi connectivity index (χ1n) is 5.69. The molecule has 0 bridgehead atoms. The van der Waals surface area contributed by atoms with E-state index in [1.807, 2.05) is 0 Å². The quantitative estimate of drug-likeness (QED) is 0.750. The van der Waals surface area contributed by atoms with Crippen molar-refractivity contribution in [2.24, 2.45) is 0 Å². The number of nitrogens with one attached hydrogen (secondary N) is 1. The first-order valence-corrected chi connectivity index (χ1v) is 5.69. The summed E-state index contributed by atoms with van der Waals surface area (Å²) in [5, 5.41) is 3.53. The van der Waals surface area contributed by atoms with E-state index in [0.29, 0.717) is 0 Å². The van der Waals surface area contributed by atoms with Gasteiger partial charge >= 0.3 is 0 Å². The largest absolute Gasteiger partial charge is 0.314 e. The third-order valence-electron chi connectivity index (χ3n) is 2.86. The molecular weight excluding hydrogens is 170 g/mol. The summed E-state index contributed by atoms with van der Waals surface area (Å²) in [6, 6.07) is 9.84. The van der Waals surface area contributed by atoms with Crippen LogP contribution in [0, 0.1) is 0 Å². The van der Waals surface area contributed by atoms with Crippen LogP contribution in [0.5, 0.6) is 0 Å². The molecule has 76 valence electrons. The van der Waals surface area contributed by atoms with Gasteiger partial charge in [0.1, 0.15) is 0 Å². The molecule has 1 fully saturated rings. The lowest BCUT2D eigenvalue weighted by Crippen LogP contribution is -2.19. The average molecular weight is 189 g/mol. The van der Waals surface area contributed by atoms with Gasteiger partial charge in [0.05, 0.1) is 0 Å². The molecule has 0 saturated heterocycles. The highest BCUT2D eigenvalue weighted by Crippen LogP contribution is 2.18. The van der Waals surface area contributed by atoms with Crippen LogP contribution in [0.4, 0.5) is 0 Å². The van der Waals surface area contributed by atoms with Crippen LogP contribution in [-0.4, -0.2) is 12.6 Å². The molecule has 0 aromatic heterocycles. The second-order valence-electron chi connectivity index (χ2n) is 4.15. The predicted molar refractivity (Wildman–Crippen MR) is 60.5 cm³/mol. The fourth-order valence-electron chi connectivity index (χ4n) is 1.65. The van der Waals surface area contributed by atoms with Gasteiger partial charge in [-0.05, 0) is 43.4 Å². The number of hydrogen-bond donors (Lipinski definition) is 1. The fraction of sp³-hybridized carbons (Fsp3) is 0.538. The minimum absolute atomic E-state index is 0.838. The summed E-state index contributed by atoms with van der Waals surface area (Å²) in [7, 11) is 0. The minimum atomic E-state index is 0.838. The van der Waals surface area contributed by atoms with E-state index in [1.54, 1.807) is 0 Å². The normalized spacial score (nSPS) is 15.8. The van der Waals surface area contributed by atoms with E-state index in [2.05, 4.69) is 36.5 Å². The molecule has 1 nitrogen and oxygen atoms in total. The van der Waals surface area contributed by atoms with Gasteiger partial charge < -0.3 is 5.32 Å². The van der Waals surface area contributed by atoms with Crippen LogP contribution < -0.4 is 5.32 Å². The van der Waals surface area contributed by atoms with E-state index < -0.39 is 0 Å². The monoisotopic (exact) mass is 189 g/mol. The van der Waals surface area contributed by atoms with Gasteiger partial charge in [0.15, 0.2) is 0 Å². The lowest BCUT2D eigenvalue weighted by atomic mass is 10.1. The molecule has 1 aliphatic carbocycles. The SMILES string of the molecule is CCc1ccc(CCNC2CC2)cc1. The van der Waals surface area contributed by atoms with E-state index in [9.17, 15) is 0 Å². The lowest BCUT2D eigenvalue weighted by Gasteiger charge is -2.03. The van der Waals surface area contributed by atoms with Crippen molar-refractivity contribution in [1.29, 1.82) is 0 Å². The summed E-state index contributed by atoms with van der Waals surface area (Å²) in [5.41, 5.74) is 2.89. The van der Waals surface area contributed by atoms with Crippen molar-refractivity contribution < 1.29 is 0 Å². The predicted octanol–water partition coefficient (Wildman–Crippen LogP) is 2.54. The summed E-state index contributed by atoms with van der Waals surface area (Å²) in [4.78, 5) is 0. The van der Waals surface area contributed by atoms with Crippen molar-refractivity contribution in [3.8, 4) is 0 Å². The summed E-state index contributed by atoms with van der Waals surface area (Å²) in [5.74, 6) is 0. The van der Waals surface area contributed by atoms with Crippen LogP contribution in [0.25, 0.3) is 0 Å². The second-order valence-corrected chi connectivity index (χ2v) is 4.15. The molecule has 0 unspecified atom stereocenters. The van der Waals surface area contributed by atoms with Gasteiger partial charge in [-0.1, -0.05) is 31.2 Å². The smallest absolute Gasteiger partial charge is 0.00683 e. The molecule has 0 amide bonds. The maximum atomic E-state index is 3.53. The van der Waals surface area contributed by atoms with Crippen molar-refractivity contribution in [2.75, 3.05) is 6.54 Å². The Bertz CT molecular complexity index is 272. The maximum Gasteiger partial charge on any atom is 0.00683 e. The van der Waals surface area contributed by atoms with Crippen molar-refractivity contribution in [2.45, 2.75) is 38.6 Å². The van der Waals surface area contributed by atoms with Crippen LogP contribution in [0.15, 0.2) is 24.3 Å². The summed E-state index contributed by atoms with van der Waals surface area (Å²) in [6.45, 7) is 3.33. The number of aryl methyl sites for hydroxylation is 1. The first-order chi connectivity index (χ1) is 6.88. The average Bonchev–Trinajstić information content (AvgIpc) is 3.03. The highest BCUT2D eigenvalue weighted by molar-refractivity contribution is 5.22. The molecule has 1 heteroatoms. The summed E-state index contributed by atoms with van der Waals surface area (Å²) >= 11 is 0. The molecule has 1 aromatic rings. The zero-order chi connectivity index (χ0) is 9.80. The molecule has 1 aromatic carbocycles. The Morgan fingerprint density at radius 2 is 1.79 bits per heavy atom. The van der Waals surface area contributed by atoms with Crippen molar-refractivity contribution >= 4 is 0 Å². The molecule has 14 heavy (non-hydrogen) atoms. The van der Waals surface area contributed by atoms with E-state index >= 15 is 0 Å². The number of hydrogen-bond acceptors (Lipinski definition) is 1. The Hall–Kier alpha value is -0.820. The lowest BCUT2D eigenvalue weighted by molar-refractivity contribution is 0.682. The van der Waals surface area contributed by atoms with Crippen molar-refractivity contribution in [3.05, 3.63) is 35.4 Å². The Kier molecular flexibility index (Phi) is 3.20. The number of benzene rings is 1. The molecule has 1 N–H and O–H groups in total. The fourth-order valence-corrected chi connectivity index (χ4v) is 1.65. The highest BCUT2D eigenvalue weighted by atomic mass is 14.9. The Morgan fingerprint density at radius 1 is 1.14 bits per heavy atom. The zero-order valence-corrected chi connectivity index (χ0v) is 8.92. The molecule has 0 atom stereocenters. The van der Waals surface area contributed by atoms with E-state index in [0.717, 1.165) is 19.0 Å². The maximum absolute atomic E-state index is 3.53. The van der Waals surface area contributed by atoms with Crippen LogP contribution in [0.3, 0.4) is 0 Å². The van der Waals surface area contributed by atoms with Gasteiger partial charge in [0.25, 0.3) is 0 Å². The van der Waals surface area contributed by atoms with E-state index in [-0.39, 0.29) is 0 Å². The van der Waals surface area contributed by atoms with Crippen LogP contribution in [-0.2, 0) is 12.8 Å². The topological polar surface area (TPSA) is 12.0 Å². The third-order valence-corrected chi connectivity index (χ3v) is 2.86. The Morgan fingerprint density at radius 3 is 2.36 bits per heavy atom. The van der Waals surface area contributed by atoms with Crippen molar-refractivity contribution in [3.63, 3.8) is 0 Å². The molecular formula is C13H19N. The molecule has 0 heterocycles. The third kappa shape index (κ3) is 2.85. The summed E-state index contributed by atoms with van der Waals surface area (Å²) < 4.78 is 0.